The molecule has 0 radical (unpaired) electrons. The maximum absolute atomic E-state index is 13.3. The van der Waals surface area contributed by atoms with E-state index in [0.29, 0.717) is 22.6 Å². The molecule has 2 aromatic carbocycles. The van der Waals surface area contributed by atoms with E-state index in [1.54, 1.807) is 43.3 Å². The first kappa shape index (κ1) is 23.2. The largest absolute Gasteiger partial charge is 0.477 e. The molecule has 1 saturated heterocycles. The molecular weight excluding hydrogens is 468 g/mol. The number of carboxylic acid groups (broad SMARTS) is 1. The van der Waals surface area contributed by atoms with Gasteiger partial charge in [0.05, 0.1) is 0 Å². The van der Waals surface area contributed by atoms with E-state index >= 15 is 0 Å². The highest BCUT2D eigenvalue weighted by Crippen LogP contribution is 2.40. The molecule has 2 unspecified atom stereocenters. The van der Waals surface area contributed by atoms with Gasteiger partial charge in [0.15, 0.2) is 5.92 Å². The summed E-state index contributed by atoms with van der Waals surface area (Å²) in [6, 6.07) is 13.1. The number of nitrogens with zero attached hydrogens (tertiary/aromatic N) is 1. The molecule has 2 N–H and O–H groups in total. The number of fused-ring (bicyclic) bond motifs is 2. The molecule has 2 amide bonds. The van der Waals surface area contributed by atoms with Crippen LogP contribution in [0.5, 0.6) is 5.75 Å². The van der Waals surface area contributed by atoms with Gasteiger partial charge in [-0.3, -0.25) is 19.3 Å². The molecule has 3 atom stereocenters. The molecule has 9 heteroatoms. The number of esters is 1. The Morgan fingerprint density at radius 3 is 2.60 bits per heavy atom. The van der Waals surface area contributed by atoms with E-state index in [2.05, 4.69) is 5.32 Å². The summed E-state index contributed by atoms with van der Waals surface area (Å²) >= 11 is 1.38. The van der Waals surface area contributed by atoms with Crippen LogP contribution in [0.4, 0.5) is 0 Å². The summed E-state index contributed by atoms with van der Waals surface area (Å²) in [4.78, 5) is 52.2. The highest BCUT2D eigenvalue weighted by Gasteiger charge is 2.54. The first-order valence-electron chi connectivity index (χ1n) is 11.4. The average Bonchev–Trinajstić information content (AvgIpc) is 3.31. The molecule has 1 aliphatic carbocycles. The number of hydrogen-bond acceptors (Lipinski definition) is 6. The first-order valence-corrected chi connectivity index (χ1v) is 12.5. The van der Waals surface area contributed by atoms with Crippen molar-refractivity contribution in [1.29, 1.82) is 0 Å². The van der Waals surface area contributed by atoms with Crippen LogP contribution in [0.25, 0.3) is 0 Å². The normalized spacial score (nSPS) is 21.5. The summed E-state index contributed by atoms with van der Waals surface area (Å²) in [5.74, 6) is -3.55. The molecule has 35 heavy (non-hydrogen) atoms. The fraction of sp³-hybridized carbons (Fsp3) is 0.308. The SMILES string of the molecule is CC1=C(C(=O)O)N2C(=O)C(NC(=O)C(C(=O)Oc3ccc4c(c3)CCC4)c3ccccc3)[C@@H]2SC1. The van der Waals surface area contributed by atoms with Crippen LogP contribution in [0, 0.1) is 0 Å². The Hall–Kier alpha value is -3.59. The molecule has 0 bridgehead atoms. The molecular formula is C26H24N2O6S. The number of amides is 2. The van der Waals surface area contributed by atoms with Crippen molar-refractivity contribution < 1.29 is 29.0 Å². The van der Waals surface area contributed by atoms with Gasteiger partial charge in [0.1, 0.15) is 22.9 Å². The van der Waals surface area contributed by atoms with E-state index in [4.69, 9.17) is 4.74 Å². The molecule has 8 nitrogen and oxygen atoms in total. The average molecular weight is 493 g/mol. The van der Waals surface area contributed by atoms with Crippen LogP contribution < -0.4 is 10.1 Å². The summed E-state index contributed by atoms with van der Waals surface area (Å²) in [6.07, 6.45) is 2.99. The van der Waals surface area contributed by atoms with Crippen LogP contribution in [0.15, 0.2) is 59.8 Å². The fourth-order valence-corrected chi connectivity index (χ4v) is 6.13. The smallest absolute Gasteiger partial charge is 0.352 e. The third kappa shape index (κ3) is 4.20. The number of nitrogens with one attached hydrogen (secondary N) is 1. The Balaban J connectivity index is 1.35. The minimum Gasteiger partial charge on any atom is -0.477 e. The number of carbonyl (C=O) groups excluding carboxylic acids is 3. The summed E-state index contributed by atoms with van der Waals surface area (Å²) in [5, 5.41) is 11.7. The Kier molecular flexibility index (Phi) is 6.10. The third-order valence-electron chi connectivity index (χ3n) is 6.58. The molecule has 0 aromatic heterocycles. The third-order valence-corrected chi connectivity index (χ3v) is 8.00. The number of benzene rings is 2. The maximum Gasteiger partial charge on any atom is 0.352 e. The van der Waals surface area contributed by atoms with Gasteiger partial charge in [-0.25, -0.2) is 4.79 Å². The van der Waals surface area contributed by atoms with E-state index in [0.717, 1.165) is 24.8 Å². The maximum atomic E-state index is 13.3. The van der Waals surface area contributed by atoms with Crippen molar-refractivity contribution >= 4 is 35.5 Å². The Morgan fingerprint density at radius 1 is 1.11 bits per heavy atom. The van der Waals surface area contributed by atoms with Crippen molar-refractivity contribution in [2.75, 3.05) is 5.75 Å². The van der Waals surface area contributed by atoms with Crippen molar-refractivity contribution in [2.24, 2.45) is 0 Å². The minimum absolute atomic E-state index is 0.0418. The van der Waals surface area contributed by atoms with Gasteiger partial charge in [0, 0.05) is 5.75 Å². The highest BCUT2D eigenvalue weighted by atomic mass is 32.2. The van der Waals surface area contributed by atoms with Gasteiger partial charge < -0.3 is 15.2 Å². The summed E-state index contributed by atoms with van der Waals surface area (Å²) in [7, 11) is 0. The monoisotopic (exact) mass is 492 g/mol. The van der Waals surface area contributed by atoms with Crippen LogP contribution >= 0.6 is 11.8 Å². The molecule has 2 aromatic rings. The predicted octanol–water partition coefficient (Wildman–Crippen LogP) is 2.62. The van der Waals surface area contributed by atoms with Crippen LogP contribution in [0.1, 0.15) is 36.0 Å². The van der Waals surface area contributed by atoms with Crippen molar-refractivity contribution in [3.8, 4) is 5.75 Å². The van der Waals surface area contributed by atoms with Crippen LogP contribution in [0.2, 0.25) is 0 Å². The Labute approximate surface area is 206 Å². The lowest BCUT2D eigenvalue weighted by Crippen LogP contribution is -2.71. The number of ether oxygens (including phenoxy) is 1. The predicted molar refractivity (Wildman–Crippen MR) is 129 cm³/mol. The number of thioether (sulfide) groups is 1. The highest BCUT2D eigenvalue weighted by molar-refractivity contribution is 8.00. The molecule has 2 heterocycles. The number of aliphatic carboxylic acids is 1. The molecule has 5 rings (SSSR count). The zero-order chi connectivity index (χ0) is 24.7. The number of aryl methyl sites for hydroxylation is 2. The van der Waals surface area contributed by atoms with Crippen molar-refractivity contribution in [2.45, 2.75) is 43.5 Å². The second kappa shape index (κ2) is 9.22. The van der Waals surface area contributed by atoms with Gasteiger partial charge in [0.25, 0.3) is 5.91 Å². The molecule has 180 valence electrons. The molecule has 0 spiro atoms. The summed E-state index contributed by atoms with van der Waals surface area (Å²) in [6.45, 7) is 1.67. The Morgan fingerprint density at radius 2 is 1.86 bits per heavy atom. The Bertz CT molecular complexity index is 1260. The molecule has 3 aliphatic rings. The van der Waals surface area contributed by atoms with Gasteiger partial charge in [-0.1, -0.05) is 36.4 Å². The lowest BCUT2D eigenvalue weighted by molar-refractivity contribution is -0.151. The number of β-lactam (4-membered cyclic amide) rings is 1. The summed E-state index contributed by atoms with van der Waals surface area (Å²) in [5.41, 5.74) is 3.38. The van der Waals surface area contributed by atoms with Crippen molar-refractivity contribution in [3.05, 3.63) is 76.5 Å². The number of carboxylic acids is 1. The van der Waals surface area contributed by atoms with E-state index in [9.17, 15) is 24.3 Å². The number of carbonyl (C=O) groups is 4. The van der Waals surface area contributed by atoms with Gasteiger partial charge >= 0.3 is 11.9 Å². The van der Waals surface area contributed by atoms with Crippen molar-refractivity contribution in [1.82, 2.24) is 10.2 Å². The van der Waals surface area contributed by atoms with Crippen LogP contribution in [-0.4, -0.2) is 50.9 Å². The van der Waals surface area contributed by atoms with E-state index < -0.39 is 41.1 Å². The quantitative estimate of drug-likeness (QED) is 0.276. The molecule has 1 fully saturated rings. The molecule has 0 saturated carbocycles. The standard InChI is InChI=1S/C26H24N2O6S/c1-14-13-35-24-20(23(30)28(24)21(14)25(31)32)27-22(29)19(16-6-3-2-4-7-16)26(33)34-18-11-10-15-8-5-9-17(15)12-18/h2-4,6-7,10-12,19-20,24H,5,8-9,13H2,1H3,(H,27,29)(H,31,32)/t19?,20?,24-/m0/s1. The van der Waals surface area contributed by atoms with Crippen molar-refractivity contribution in [3.63, 3.8) is 0 Å². The topological polar surface area (TPSA) is 113 Å². The lowest BCUT2D eigenvalue weighted by Gasteiger charge is -2.49. The lowest BCUT2D eigenvalue weighted by atomic mass is 9.96. The van der Waals surface area contributed by atoms with E-state index in [-0.39, 0.29) is 5.70 Å². The number of hydrogen-bond donors (Lipinski definition) is 2. The zero-order valence-corrected chi connectivity index (χ0v) is 19.8. The number of rotatable bonds is 6. The first-order chi connectivity index (χ1) is 16.8. The van der Waals surface area contributed by atoms with E-state index in [1.165, 1.54) is 22.2 Å². The van der Waals surface area contributed by atoms with Gasteiger partial charge in [-0.2, -0.15) is 0 Å². The second-order valence-corrected chi connectivity index (χ2v) is 9.98. The minimum atomic E-state index is -1.28. The van der Waals surface area contributed by atoms with Gasteiger partial charge in [-0.15, -0.1) is 11.8 Å². The van der Waals surface area contributed by atoms with E-state index in [1.807, 2.05) is 12.1 Å². The van der Waals surface area contributed by atoms with Crippen LogP contribution in [0.3, 0.4) is 0 Å². The van der Waals surface area contributed by atoms with Crippen LogP contribution in [-0.2, 0) is 32.0 Å². The second-order valence-electron chi connectivity index (χ2n) is 8.88. The van der Waals surface area contributed by atoms with Gasteiger partial charge in [-0.05, 0) is 60.6 Å². The summed E-state index contributed by atoms with van der Waals surface area (Å²) < 4.78 is 5.62. The van der Waals surface area contributed by atoms with Gasteiger partial charge in [0.2, 0.25) is 5.91 Å². The zero-order valence-electron chi connectivity index (χ0n) is 19.0. The fourth-order valence-electron chi connectivity index (χ4n) is 4.84. The molecule has 2 aliphatic heterocycles.